The predicted octanol–water partition coefficient (Wildman–Crippen LogP) is 10.5. The summed E-state index contributed by atoms with van der Waals surface area (Å²) in [6, 6.07) is 40.3. The fraction of sp³-hybridized carbons (Fsp3) is 0.220. The van der Waals surface area contributed by atoms with Gasteiger partial charge in [-0.05, 0) is 80.0 Å². The summed E-state index contributed by atoms with van der Waals surface area (Å²) in [6.45, 7) is 13.1. The fourth-order valence-electron chi connectivity index (χ4n) is 6.64. The van der Waals surface area contributed by atoms with Gasteiger partial charge >= 0.3 is 0 Å². The molecule has 0 aliphatic rings. The molecular weight excluding hydrogens is 524 g/mol. The molecule has 0 aliphatic heterocycles. The lowest BCUT2D eigenvalue weighted by molar-refractivity contribution is 0.465. The van der Waals surface area contributed by atoms with Crippen LogP contribution in [0.15, 0.2) is 115 Å². The third kappa shape index (κ3) is 4.95. The van der Waals surface area contributed by atoms with E-state index in [0.717, 1.165) is 16.7 Å². The lowest BCUT2D eigenvalue weighted by Crippen LogP contribution is -2.22. The van der Waals surface area contributed by atoms with E-state index < -0.39 is 0 Å². The first kappa shape index (κ1) is 28.6. The van der Waals surface area contributed by atoms with Crippen molar-refractivity contribution in [2.45, 2.75) is 58.3 Å². The van der Waals surface area contributed by atoms with Crippen LogP contribution >= 0.6 is 0 Å². The zero-order valence-corrected chi connectivity index (χ0v) is 25.9. The van der Waals surface area contributed by atoms with E-state index in [1.807, 2.05) is 19.1 Å². The molecule has 0 aliphatic carbocycles. The van der Waals surface area contributed by atoms with E-state index in [4.69, 9.17) is 0 Å². The molecule has 0 radical (unpaired) electrons. The van der Waals surface area contributed by atoms with E-state index in [0.29, 0.717) is 11.5 Å². The highest BCUT2D eigenvalue weighted by atomic mass is 16.3. The van der Waals surface area contributed by atoms with Gasteiger partial charge in [-0.25, -0.2) is 0 Å². The highest BCUT2D eigenvalue weighted by Crippen LogP contribution is 2.42. The zero-order valence-electron chi connectivity index (χ0n) is 25.9. The summed E-state index contributed by atoms with van der Waals surface area (Å²) in [4.78, 5) is 0. The molecular formula is C41H40O2. The van der Waals surface area contributed by atoms with Gasteiger partial charge < -0.3 is 10.2 Å². The van der Waals surface area contributed by atoms with Gasteiger partial charge in [-0.3, -0.25) is 0 Å². The molecule has 2 nitrogen and oxygen atoms in total. The van der Waals surface area contributed by atoms with Crippen LogP contribution < -0.4 is 0 Å². The molecule has 6 aromatic rings. The normalized spacial score (nSPS) is 13.0. The maximum atomic E-state index is 11.2. The van der Waals surface area contributed by atoms with Gasteiger partial charge in [-0.15, -0.1) is 0 Å². The Morgan fingerprint density at radius 3 is 1.47 bits per heavy atom. The van der Waals surface area contributed by atoms with Crippen molar-refractivity contribution in [3.63, 3.8) is 0 Å². The van der Waals surface area contributed by atoms with Crippen LogP contribution in [-0.4, -0.2) is 10.2 Å². The Morgan fingerprint density at radius 2 is 0.953 bits per heavy atom. The third-order valence-corrected chi connectivity index (χ3v) is 9.71. The summed E-state index contributed by atoms with van der Waals surface area (Å²) < 4.78 is 0. The molecule has 6 aromatic carbocycles. The van der Waals surface area contributed by atoms with Crippen LogP contribution in [0.3, 0.4) is 0 Å². The molecule has 2 heteroatoms. The lowest BCUT2D eigenvalue weighted by atomic mass is 9.73. The van der Waals surface area contributed by atoms with Gasteiger partial charge in [0, 0.05) is 22.3 Å². The molecule has 0 spiro atoms. The minimum atomic E-state index is -0.277. The fourth-order valence-corrected chi connectivity index (χ4v) is 6.64. The number of phenolic OH excluding ortho intramolecular Hbond substituents is 2. The van der Waals surface area contributed by atoms with Gasteiger partial charge in [0.05, 0.1) is 0 Å². The van der Waals surface area contributed by atoms with Crippen LogP contribution in [-0.2, 0) is 10.8 Å². The van der Waals surface area contributed by atoms with Gasteiger partial charge in [0.2, 0.25) is 0 Å². The number of rotatable bonds is 6. The van der Waals surface area contributed by atoms with E-state index in [9.17, 15) is 10.2 Å². The standard InChI is InChI=1S/C41H40O2/c1-26-23-32(19-21-37(26)42)40(3,4)30-15-17-31(18-16-30)41(5,6)33-20-22-38(43)36(25-33)27(2)39-34-13-9-7-11-28(34)24-29-12-8-10-14-35(29)39/h7-25,27,42-43H,1-6H3. The first-order chi connectivity index (χ1) is 20.5. The smallest absolute Gasteiger partial charge is 0.119 e. The van der Waals surface area contributed by atoms with E-state index in [2.05, 4.69) is 132 Å². The van der Waals surface area contributed by atoms with Gasteiger partial charge in [0.15, 0.2) is 0 Å². The molecule has 1 unspecified atom stereocenters. The number of hydrogen-bond donors (Lipinski definition) is 2. The van der Waals surface area contributed by atoms with Crippen molar-refractivity contribution in [1.29, 1.82) is 0 Å². The highest BCUT2D eigenvalue weighted by molar-refractivity contribution is 6.03. The maximum absolute atomic E-state index is 11.2. The van der Waals surface area contributed by atoms with E-state index in [1.54, 1.807) is 6.07 Å². The summed E-state index contributed by atoms with van der Waals surface area (Å²) in [5.74, 6) is 0.641. The van der Waals surface area contributed by atoms with Crippen molar-refractivity contribution in [3.05, 3.63) is 154 Å². The van der Waals surface area contributed by atoms with E-state index in [-0.39, 0.29) is 16.7 Å². The Bertz CT molecular complexity index is 1910. The molecule has 0 heterocycles. The first-order valence-corrected chi connectivity index (χ1v) is 15.1. The van der Waals surface area contributed by atoms with Gasteiger partial charge in [0.25, 0.3) is 0 Å². The van der Waals surface area contributed by atoms with Crippen molar-refractivity contribution in [1.82, 2.24) is 0 Å². The largest absolute Gasteiger partial charge is 0.508 e. The van der Waals surface area contributed by atoms with Crippen LogP contribution in [0.5, 0.6) is 11.5 Å². The first-order valence-electron chi connectivity index (χ1n) is 15.1. The number of aromatic hydroxyl groups is 2. The van der Waals surface area contributed by atoms with Crippen molar-refractivity contribution in [3.8, 4) is 11.5 Å². The Hall–Kier alpha value is -4.56. The Balaban J connectivity index is 1.38. The lowest BCUT2D eigenvalue weighted by Gasteiger charge is -2.30. The summed E-state index contributed by atoms with van der Waals surface area (Å²) in [6.07, 6.45) is 0. The molecule has 43 heavy (non-hydrogen) atoms. The highest BCUT2D eigenvalue weighted by Gasteiger charge is 2.28. The molecule has 0 aromatic heterocycles. The van der Waals surface area contributed by atoms with Crippen LogP contribution in [0.2, 0.25) is 0 Å². The average molecular weight is 565 g/mol. The summed E-state index contributed by atoms with van der Waals surface area (Å²) in [5.41, 5.74) is 7.36. The second kappa shape index (κ2) is 10.6. The van der Waals surface area contributed by atoms with Crippen LogP contribution in [0.25, 0.3) is 21.5 Å². The molecule has 0 saturated carbocycles. The van der Waals surface area contributed by atoms with Gasteiger partial charge in [-0.2, -0.15) is 0 Å². The monoisotopic (exact) mass is 564 g/mol. The number of phenols is 2. The summed E-state index contributed by atoms with van der Waals surface area (Å²) in [5, 5.41) is 26.1. The van der Waals surface area contributed by atoms with Crippen LogP contribution in [0.4, 0.5) is 0 Å². The predicted molar refractivity (Wildman–Crippen MR) is 181 cm³/mol. The molecule has 0 bridgehead atoms. The average Bonchev–Trinajstić information content (AvgIpc) is 3.01. The Kier molecular flexibility index (Phi) is 7.05. The molecule has 2 N–H and O–H groups in total. The van der Waals surface area contributed by atoms with E-state index >= 15 is 0 Å². The number of fused-ring (bicyclic) bond motifs is 2. The Labute approximate surface area is 255 Å². The van der Waals surface area contributed by atoms with Crippen molar-refractivity contribution in [2.24, 2.45) is 0 Å². The van der Waals surface area contributed by atoms with Gasteiger partial charge in [0.1, 0.15) is 11.5 Å². The zero-order chi connectivity index (χ0) is 30.5. The SMILES string of the molecule is Cc1cc(C(C)(C)c2ccc(C(C)(C)c3ccc(O)c(C(C)c4c5ccccc5cc5ccccc45)c3)cc2)ccc1O. The topological polar surface area (TPSA) is 40.5 Å². The minimum absolute atomic E-state index is 0.0105. The van der Waals surface area contributed by atoms with Crippen LogP contribution in [0, 0.1) is 6.92 Å². The maximum Gasteiger partial charge on any atom is 0.119 e. The Morgan fingerprint density at radius 1 is 0.512 bits per heavy atom. The molecule has 6 rings (SSSR count). The summed E-state index contributed by atoms with van der Waals surface area (Å²) >= 11 is 0. The third-order valence-electron chi connectivity index (χ3n) is 9.71. The van der Waals surface area contributed by atoms with E-state index in [1.165, 1.54) is 43.8 Å². The number of aryl methyl sites for hydroxylation is 1. The van der Waals surface area contributed by atoms with Gasteiger partial charge in [-0.1, -0.05) is 132 Å². The second-order valence-electron chi connectivity index (χ2n) is 13.1. The number of benzene rings is 6. The molecule has 0 amide bonds. The molecule has 1 atom stereocenters. The van der Waals surface area contributed by atoms with Crippen molar-refractivity contribution in [2.75, 3.05) is 0 Å². The minimum Gasteiger partial charge on any atom is -0.508 e. The number of hydrogen-bond acceptors (Lipinski definition) is 2. The van der Waals surface area contributed by atoms with Crippen LogP contribution in [0.1, 0.15) is 79.5 Å². The second-order valence-corrected chi connectivity index (χ2v) is 13.1. The van der Waals surface area contributed by atoms with Crippen molar-refractivity contribution < 1.29 is 10.2 Å². The summed E-state index contributed by atoms with van der Waals surface area (Å²) in [7, 11) is 0. The molecule has 0 saturated heterocycles. The molecule has 216 valence electrons. The molecule has 0 fully saturated rings. The quantitative estimate of drug-likeness (QED) is 0.198. The van der Waals surface area contributed by atoms with Crippen molar-refractivity contribution >= 4 is 21.5 Å².